The number of sulfonamides is 1. The normalized spacial score (nSPS) is 20.2. The number of nitrogens with zero attached hydrogens (tertiary/aromatic N) is 3. The van der Waals surface area contributed by atoms with E-state index in [2.05, 4.69) is 4.98 Å². The molecule has 1 aromatic heterocycles. The zero-order valence-electron chi connectivity index (χ0n) is 20.3. The number of amides is 3. The standard InChI is InChI=1S/C27H25N5O5S/c28-26(33)23-18-32(27(29)34,20-11-13-22(14-12-20)37-21-8-2-1-3-9-21)17-16-31(23)38(35,36)24-10-4-6-19-7-5-15-30-25(19)24/h1-15,23H,16-18H2,(H3-,28,29,33,34)/p+1. The Morgan fingerprint density at radius 2 is 1.58 bits per heavy atom. The molecule has 1 aliphatic heterocycles. The average molecular weight is 533 g/mol. The molecule has 0 aliphatic carbocycles. The highest BCUT2D eigenvalue weighted by molar-refractivity contribution is 7.89. The van der Waals surface area contributed by atoms with Gasteiger partial charge in [0.2, 0.25) is 15.9 Å². The smallest absolute Gasteiger partial charge is 0.419 e. The second-order valence-corrected chi connectivity index (χ2v) is 10.8. The van der Waals surface area contributed by atoms with Crippen LogP contribution < -0.4 is 20.7 Å². The molecule has 2 unspecified atom stereocenters. The minimum absolute atomic E-state index is 0.00935. The maximum absolute atomic E-state index is 13.8. The van der Waals surface area contributed by atoms with Crippen molar-refractivity contribution < 1.29 is 22.7 Å². The van der Waals surface area contributed by atoms with Crippen molar-refractivity contribution >= 4 is 38.6 Å². The van der Waals surface area contributed by atoms with Crippen LogP contribution in [0.2, 0.25) is 0 Å². The summed E-state index contributed by atoms with van der Waals surface area (Å²) in [6, 6.07) is 22.2. The van der Waals surface area contributed by atoms with Gasteiger partial charge in [0, 0.05) is 23.7 Å². The molecule has 0 spiro atoms. The van der Waals surface area contributed by atoms with Gasteiger partial charge in [-0.2, -0.15) is 4.31 Å². The van der Waals surface area contributed by atoms with Crippen molar-refractivity contribution in [3.05, 3.63) is 91.1 Å². The van der Waals surface area contributed by atoms with Crippen molar-refractivity contribution in [3.63, 3.8) is 0 Å². The predicted molar refractivity (Wildman–Crippen MR) is 143 cm³/mol. The molecule has 5 rings (SSSR count). The highest BCUT2D eigenvalue weighted by atomic mass is 32.2. The van der Waals surface area contributed by atoms with E-state index in [1.807, 2.05) is 30.3 Å². The van der Waals surface area contributed by atoms with Gasteiger partial charge in [-0.05, 0) is 36.4 Å². The molecule has 0 saturated carbocycles. The van der Waals surface area contributed by atoms with Gasteiger partial charge in [-0.1, -0.05) is 36.4 Å². The van der Waals surface area contributed by atoms with E-state index in [-0.39, 0.29) is 30.0 Å². The number of piperazine rings is 1. The maximum Gasteiger partial charge on any atom is 0.419 e. The summed E-state index contributed by atoms with van der Waals surface area (Å²) in [5.74, 6) is 0.308. The number of carbonyl (C=O) groups is 2. The van der Waals surface area contributed by atoms with Crippen molar-refractivity contribution in [1.82, 2.24) is 13.8 Å². The number of ether oxygens (including phenoxy) is 1. The fraction of sp³-hybridized carbons (Fsp3) is 0.148. The Kier molecular flexibility index (Phi) is 6.57. The molecule has 0 radical (unpaired) electrons. The topological polar surface area (TPSA) is 146 Å². The molecule has 1 saturated heterocycles. The van der Waals surface area contributed by atoms with Crippen LogP contribution in [0.15, 0.2) is 96.0 Å². The van der Waals surface area contributed by atoms with E-state index < -0.39 is 32.5 Å². The van der Waals surface area contributed by atoms with Crippen molar-refractivity contribution in [2.75, 3.05) is 19.6 Å². The first-order chi connectivity index (χ1) is 18.2. The molecule has 2 heterocycles. The average Bonchev–Trinajstić information content (AvgIpc) is 2.93. The van der Waals surface area contributed by atoms with Gasteiger partial charge >= 0.3 is 6.03 Å². The Hall–Kier alpha value is -4.32. The number of primary amides is 2. The van der Waals surface area contributed by atoms with Crippen LogP contribution in [-0.4, -0.2) is 55.3 Å². The van der Waals surface area contributed by atoms with Crippen LogP contribution in [0.25, 0.3) is 10.9 Å². The van der Waals surface area contributed by atoms with Crippen LogP contribution in [0.5, 0.6) is 11.5 Å². The number of benzene rings is 3. The van der Waals surface area contributed by atoms with Crippen molar-refractivity contribution in [3.8, 4) is 11.5 Å². The van der Waals surface area contributed by atoms with Gasteiger partial charge in [0.15, 0.2) is 6.04 Å². The molecule has 38 heavy (non-hydrogen) atoms. The van der Waals surface area contributed by atoms with E-state index in [4.69, 9.17) is 16.2 Å². The Morgan fingerprint density at radius 3 is 2.26 bits per heavy atom. The van der Waals surface area contributed by atoms with Gasteiger partial charge in [-0.25, -0.2) is 17.7 Å². The van der Waals surface area contributed by atoms with E-state index >= 15 is 0 Å². The summed E-state index contributed by atoms with van der Waals surface area (Å²) in [5.41, 5.74) is 12.4. The first-order valence-electron chi connectivity index (χ1n) is 11.9. The first-order valence-corrected chi connectivity index (χ1v) is 13.3. The maximum atomic E-state index is 13.8. The van der Waals surface area contributed by atoms with Crippen molar-refractivity contribution in [2.45, 2.75) is 10.9 Å². The molecule has 0 bridgehead atoms. The second kappa shape index (κ2) is 9.86. The molecule has 11 heteroatoms. The summed E-state index contributed by atoms with van der Waals surface area (Å²) >= 11 is 0. The Morgan fingerprint density at radius 1 is 0.895 bits per heavy atom. The Labute approximate surface area is 219 Å². The summed E-state index contributed by atoms with van der Waals surface area (Å²) in [5, 5.41) is 0.640. The quantitative estimate of drug-likeness (QED) is 0.365. The number of urea groups is 1. The molecule has 3 aromatic carbocycles. The summed E-state index contributed by atoms with van der Waals surface area (Å²) in [4.78, 5) is 29.7. The molecule has 4 aromatic rings. The number of rotatable bonds is 6. The zero-order chi connectivity index (χ0) is 26.9. The lowest BCUT2D eigenvalue weighted by Gasteiger charge is -2.43. The van der Waals surface area contributed by atoms with E-state index in [0.29, 0.717) is 22.6 Å². The number of para-hydroxylation sites is 2. The number of fused-ring (bicyclic) bond motifs is 1. The first kappa shape index (κ1) is 25.3. The van der Waals surface area contributed by atoms with E-state index in [1.165, 1.54) is 12.3 Å². The summed E-state index contributed by atoms with van der Waals surface area (Å²) in [6.07, 6.45) is 1.50. The highest BCUT2D eigenvalue weighted by Crippen LogP contribution is 2.34. The fourth-order valence-electron chi connectivity index (χ4n) is 4.82. The fourth-order valence-corrected chi connectivity index (χ4v) is 6.56. The second-order valence-electron chi connectivity index (χ2n) is 8.99. The van der Waals surface area contributed by atoms with Gasteiger partial charge in [-0.15, -0.1) is 0 Å². The molecule has 194 valence electrons. The highest BCUT2D eigenvalue weighted by Gasteiger charge is 2.51. The van der Waals surface area contributed by atoms with Gasteiger partial charge in [0.05, 0.1) is 12.1 Å². The molecule has 10 nitrogen and oxygen atoms in total. The Balaban J connectivity index is 1.48. The number of aromatic nitrogens is 1. The molecule has 3 amide bonds. The van der Waals surface area contributed by atoms with Gasteiger partial charge in [-0.3, -0.25) is 9.78 Å². The third kappa shape index (κ3) is 4.47. The van der Waals surface area contributed by atoms with E-state index in [0.717, 1.165) is 4.31 Å². The van der Waals surface area contributed by atoms with Crippen LogP contribution >= 0.6 is 0 Å². The molecular formula is C27H26N5O5S+. The minimum atomic E-state index is -4.19. The van der Waals surface area contributed by atoms with Crippen molar-refractivity contribution in [1.29, 1.82) is 0 Å². The van der Waals surface area contributed by atoms with Gasteiger partial charge in [0.25, 0.3) is 0 Å². The molecule has 2 atom stereocenters. The van der Waals surface area contributed by atoms with Crippen LogP contribution in [0, 0.1) is 0 Å². The number of pyridine rings is 1. The number of hydrogen-bond donors (Lipinski definition) is 2. The lowest BCUT2D eigenvalue weighted by Crippen LogP contribution is -2.71. The summed E-state index contributed by atoms with van der Waals surface area (Å²) in [7, 11) is -4.19. The zero-order valence-corrected chi connectivity index (χ0v) is 21.1. The van der Waals surface area contributed by atoms with Crippen LogP contribution in [0.3, 0.4) is 0 Å². The van der Waals surface area contributed by atoms with Crippen LogP contribution in [-0.2, 0) is 14.8 Å². The monoisotopic (exact) mass is 532 g/mol. The SMILES string of the molecule is NC(=O)C1C[N+](C(N)=O)(c2ccc(Oc3ccccc3)cc2)CCN1S(=O)(=O)c1cccc2cccnc12. The molecular weight excluding hydrogens is 506 g/mol. The third-order valence-corrected chi connectivity index (χ3v) is 8.72. The number of quaternary nitrogens is 1. The number of hydrogen-bond acceptors (Lipinski definition) is 6. The van der Waals surface area contributed by atoms with Crippen molar-refractivity contribution in [2.24, 2.45) is 11.5 Å². The third-order valence-electron chi connectivity index (χ3n) is 6.78. The number of carbonyl (C=O) groups excluding carboxylic acids is 2. The molecule has 1 aliphatic rings. The van der Waals surface area contributed by atoms with E-state index in [9.17, 15) is 18.0 Å². The minimum Gasteiger partial charge on any atom is -0.457 e. The molecule has 4 N–H and O–H groups in total. The lowest BCUT2D eigenvalue weighted by molar-refractivity contribution is -0.122. The predicted octanol–water partition coefficient (Wildman–Crippen LogP) is 2.97. The lowest BCUT2D eigenvalue weighted by atomic mass is 10.1. The van der Waals surface area contributed by atoms with E-state index in [1.54, 1.807) is 48.5 Å². The van der Waals surface area contributed by atoms with Gasteiger partial charge in [0.1, 0.15) is 35.2 Å². The summed E-state index contributed by atoms with van der Waals surface area (Å²) < 4.78 is 34.0. The van der Waals surface area contributed by atoms with Crippen LogP contribution in [0.1, 0.15) is 0 Å². The Bertz CT molecular complexity index is 1610. The van der Waals surface area contributed by atoms with Gasteiger partial charge < -0.3 is 16.2 Å². The number of nitrogens with two attached hydrogens (primary N) is 2. The molecule has 1 fully saturated rings. The largest absolute Gasteiger partial charge is 0.457 e. The summed E-state index contributed by atoms with van der Waals surface area (Å²) in [6.45, 7) is -0.402. The van der Waals surface area contributed by atoms with Crippen LogP contribution in [0.4, 0.5) is 10.5 Å².